The Morgan fingerprint density at radius 2 is 2.11 bits per heavy atom. The highest BCUT2D eigenvalue weighted by Gasteiger charge is 2.34. The van der Waals surface area contributed by atoms with Gasteiger partial charge in [0, 0.05) is 23.5 Å². The van der Waals surface area contributed by atoms with E-state index in [1.165, 1.54) is 22.6 Å². The maximum atomic E-state index is 13.5. The number of fused-ring (bicyclic) bond motifs is 2. The zero-order valence-electron chi connectivity index (χ0n) is 15.0. The van der Waals surface area contributed by atoms with E-state index in [1.54, 1.807) is 12.1 Å². The number of benzene rings is 2. The quantitative estimate of drug-likeness (QED) is 0.712. The monoisotopic (exact) mass is 413 g/mol. The van der Waals surface area contributed by atoms with Crippen molar-refractivity contribution in [3.05, 3.63) is 68.6 Å². The molecule has 0 spiro atoms. The molecule has 1 aliphatic heterocycles. The average Bonchev–Trinajstić information content (AvgIpc) is 3.14. The molecule has 0 amide bonds. The summed E-state index contributed by atoms with van der Waals surface area (Å²) >= 11 is 6.25. The summed E-state index contributed by atoms with van der Waals surface area (Å²) in [6.07, 6.45) is 2.58. The van der Waals surface area contributed by atoms with E-state index in [2.05, 4.69) is 11.1 Å². The van der Waals surface area contributed by atoms with Crippen molar-refractivity contribution in [2.45, 2.75) is 24.7 Å². The van der Waals surface area contributed by atoms with Crippen LogP contribution in [0.4, 0.5) is 5.69 Å². The van der Waals surface area contributed by atoms with Crippen LogP contribution in [0.5, 0.6) is 0 Å². The van der Waals surface area contributed by atoms with E-state index < -0.39 is 15.6 Å². The van der Waals surface area contributed by atoms with Crippen LogP contribution in [0.3, 0.4) is 0 Å². The van der Waals surface area contributed by atoms with Gasteiger partial charge in [-0.2, -0.15) is 5.26 Å². The molecule has 0 atom stereocenters. The molecule has 0 aliphatic carbocycles. The number of nitrogens with one attached hydrogen (secondary N) is 1. The van der Waals surface area contributed by atoms with Gasteiger partial charge in [0.1, 0.15) is 0 Å². The SMILES string of the molecule is CCc1cc(C#N)cc2c1CCN2S(=O)(=O)c1cccc2c(=O)[nH]cc(Cl)c12. The first kappa shape index (κ1) is 18.5. The number of nitrogens with zero attached hydrogens (tertiary/aromatic N) is 2. The lowest BCUT2D eigenvalue weighted by atomic mass is 10.00. The third-order valence-electron chi connectivity index (χ3n) is 5.07. The first-order chi connectivity index (χ1) is 13.4. The van der Waals surface area contributed by atoms with Crippen LogP contribution in [0.2, 0.25) is 5.02 Å². The highest BCUT2D eigenvalue weighted by atomic mass is 35.5. The van der Waals surface area contributed by atoms with Crippen molar-refractivity contribution in [1.29, 1.82) is 5.26 Å². The summed E-state index contributed by atoms with van der Waals surface area (Å²) in [5, 5.41) is 9.91. The number of aromatic amines is 1. The molecule has 2 heterocycles. The van der Waals surface area contributed by atoms with E-state index >= 15 is 0 Å². The van der Waals surface area contributed by atoms with E-state index in [0.29, 0.717) is 24.1 Å². The standard InChI is InChI=1S/C20H16ClN3O3S/c1-2-13-8-12(10-22)9-17-14(13)6-7-24(17)28(26,27)18-5-3-4-15-19(18)16(21)11-23-20(15)25/h3-5,8-9,11H,2,6-7H2,1H3,(H,23,25). The minimum absolute atomic E-state index is 0.0191. The number of pyridine rings is 1. The molecule has 0 fully saturated rings. The van der Waals surface area contributed by atoms with Crippen LogP contribution in [0.1, 0.15) is 23.6 Å². The summed E-state index contributed by atoms with van der Waals surface area (Å²) in [6, 6.07) is 10.0. The predicted octanol–water partition coefficient (Wildman–Crippen LogP) is 3.37. The van der Waals surface area contributed by atoms with E-state index in [9.17, 15) is 18.5 Å². The summed E-state index contributed by atoms with van der Waals surface area (Å²) in [7, 11) is -3.98. The van der Waals surface area contributed by atoms with Gasteiger partial charge in [-0.15, -0.1) is 0 Å². The molecular weight excluding hydrogens is 398 g/mol. The van der Waals surface area contributed by atoms with Gasteiger partial charge in [0.25, 0.3) is 15.6 Å². The van der Waals surface area contributed by atoms with Crippen molar-refractivity contribution in [3.63, 3.8) is 0 Å². The lowest BCUT2D eigenvalue weighted by Crippen LogP contribution is -2.29. The molecular formula is C20H16ClN3O3S. The molecule has 4 rings (SSSR count). The number of halogens is 1. The summed E-state index contributed by atoms with van der Waals surface area (Å²) in [5.74, 6) is 0. The van der Waals surface area contributed by atoms with Gasteiger partial charge in [-0.05, 0) is 48.2 Å². The zero-order valence-corrected chi connectivity index (χ0v) is 16.6. The fourth-order valence-electron chi connectivity index (χ4n) is 3.77. The van der Waals surface area contributed by atoms with Crippen LogP contribution < -0.4 is 9.86 Å². The molecule has 1 aromatic heterocycles. The molecule has 6 nitrogen and oxygen atoms in total. The largest absolute Gasteiger partial charge is 0.327 e. The minimum Gasteiger partial charge on any atom is -0.327 e. The number of aryl methyl sites for hydroxylation is 1. The second kappa shape index (κ2) is 6.66. The third-order valence-corrected chi connectivity index (χ3v) is 7.22. The van der Waals surface area contributed by atoms with Crippen molar-refractivity contribution >= 4 is 38.1 Å². The number of sulfonamides is 1. The fraction of sp³-hybridized carbons (Fsp3) is 0.200. The van der Waals surface area contributed by atoms with Crippen LogP contribution in [-0.2, 0) is 22.9 Å². The molecule has 3 aromatic rings. The fourth-order valence-corrected chi connectivity index (χ4v) is 5.80. The Morgan fingerprint density at radius 3 is 2.82 bits per heavy atom. The molecule has 2 aromatic carbocycles. The Balaban J connectivity index is 1.97. The van der Waals surface area contributed by atoms with Crippen LogP contribution in [0.15, 0.2) is 46.2 Å². The third kappa shape index (κ3) is 2.68. The molecule has 28 heavy (non-hydrogen) atoms. The number of hydrogen-bond acceptors (Lipinski definition) is 4. The van der Waals surface area contributed by atoms with Gasteiger partial charge in [0.05, 0.1) is 27.2 Å². The average molecular weight is 414 g/mol. The maximum Gasteiger partial charge on any atom is 0.265 e. The van der Waals surface area contributed by atoms with Crippen molar-refractivity contribution in [2.75, 3.05) is 10.8 Å². The second-order valence-electron chi connectivity index (χ2n) is 6.57. The molecule has 1 N–H and O–H groups in total. The Hall–Kier alpha value is -2.82. The highest BCUT2D eigenvalue weighted by Crippen LogP contribution is 2.38. The first-order valence-electron chi connectivity index (χ1n) is 8.77. The summed E-state index contributed by atoms with van der Waals surface area (Å²) in [4.78, 5) is 14.6. The van der Waals surface area contributed by atoms with Crippen molar-refractivity contribution in [1.82, 2.24) is 4.98 Å². The zero-order chi connectivity index (χ0) is 20.1. The Morgan fingerprint density at radius 1 is 1.32 bits per heavy atom. The molecule has 0 radical (unpaired) electrons. The lowest BCUT2D eigenvalue weighted by molar-refractivity contribution is 0.593. The van der Waals surface area contributed by atoms with Gasteiger partial charge in [-0.3, -0.25) is 9.10 Å². The number of anilines is 1. The van der Waals surface area contributed by atoms with Gasteiger partial charge >= 0.3 is 0 Å². The normalized spacial score (nSPS) is 13.5. The summed E-state index contributed by atoms with van der Waals surface area (Å²) in [5.41, 5.74) is 2.45. The van der Waals surface area contributed by atoms with Crippen molar-refractivity contribution in [3.8, 4) is 6.07 Å². The van der Waals surface area contributed by atoms with Gasteiger partial charge < -0.3 is 4.98 Å². The molecule has 142 valence electrons. The van der Waals surface area contributed by atoms with Crippen molar-refractivity contribution in [2.24, 2.45) is 0 Å². The number of hydrogen-bond donors (Lipinski definition) is 1. The Bertz CT molecular complexity index is 1320. The molecule has 1 aliphatic rings. The van der Waals surface area contributed by atoms with Gasteiger partial charge in [0.2, 0.25) is 0 Å². The minimum atomic E-state index is -3.98. The van der Waals surface area contributed by atoms with E-state index in [-0.39, 0.29) is 27.2 Å². The molecule has 0 saturated carbocycles. The number of nitriles is 1. The second-order valence-corrected chi connectivity index (χ2v) is 8.81. The molecule has 8 heteroatoms. The predicted molar refractivity (Wildman–Crippen MR) is 108 cm³/mol. The summed E-state index contributed by atoms with van der Waals surface area (Å²) in [6.45, 7) is 2.25. The number of aromatic nitrogens is 1. The van der Waals surface area contributed by atoms with Gasteiger partial charge in [-0.1, -0.05) is 24.6 Å². The van der Waals surface area contributed by atoms with E-state index in [0.717, 1.165) is 11.1 Å². The van der Waals surface area contributed by atoms with E-state index in [4.69, 9.17) is 11.6 Å². The van der Waals surface area contributed by atoms with Gasteiger partial charge in [0.15, 0.2) is 0 Å². The van der Waals surface area contributed by atoms with E-state index in [1.807, 2.05) is 13.0 Å². The van der Waals surface area contributed by atoms with Crippen LogP contribution in [0.25, 0.3) is 10.8 Å². The molecule has 0 saturated heterocycles. The van der Waals surface area contributed by atoms with Crippen LogP contribution in [0, 0.1) is 11.3 Å². The Labute approximate surface area is 167 Å². The van der Waals surface area contributed by atoms with Gasteiger partial charge in [-0.25, -0.2) is 8.42 Å². The lowest BCUT2D eigenvalue weighted by Gasteiger charge is -2.21. The maximum absolute atomic E-state index is 13.5. The number of H-pyrrole nitrogens is 1. The summed E-state index contributed by atoms with van der Waals surface area (Å²) < 4.78 is 28.4. The topological polar surface area (TPSA) is 94.0 Å². The smallest absolute Gasteiger partial charge is 0.265 e. The highest BCUT2D eigenvalue weighted by molar-refractivity contribution is 7.93. The number of rotatable bonds is 3. The Kier molecular flexibility index (Phi) is 4.41. The van der Waals surface area contributed by atoms with Crippen LogP contribution >= 0.6 is 11.6 Å². The van der Waals surface area contributed by atoms with Crippen molar-refractivity contribution < 1.29 is 8.42 Å². The molecule has 0 unspecified atom stereocenters. The molecule has 0 bridgehead atoms. The first-order valence-corrected chi connectivity index (χ1v) is 10.6. The van der Waals surface area contributed by atoms with Crippen LogP contribution in [-0.4, -0.2) is 19.9 Å².